The molecule has 0 radical (unpaired) electrons. The first-order chi connectivity index (χ1) is 8.70. The van der Waals surface area contributed by atoms with Crippen molar-refractivity contribution in [3.63, 3.8) is 0 Å². The van der Waals surface area contributed by atoms with Gasteiger partial charge in [0, 0.05) is 23.1 Å². The average molecular weight is 304 g/mol. The van der Waals surface area contributed by atoms with E-state index in [1.165, 1.54) is 16.3 Å². The predicted octanol–water partition coefficient (Wildman–Crippen LogP) is 3.97. The summed E-state index contributed by atoms with van der Waals surface area (Å²) in [6, 6.07) is 10.2. The van der Waals surface area contributed by atoms with Crippen LogP contribution in [0.5, 0.6) is 0 Å². The summed E-state index contributed by atoms with van der Waals surface area (Å²) in [6.07, 6.45) is 1.00. The van der Waals surface area contributed by atoms with Crippen LogP contribution in [0.4, 0.5) is 0 Å². The molecule has 3 rings (SSSR count). The highest BCUT2D eigenvalue weighted by molar-refractivity contribution is 9.10. The van der Waals surface area contributed by atoms with Gasteiger partial charge in [0.2, 0.25) is 0 Å². The van der Waals surface area contributed by atoms with Gasteiger partial charge in [0.25, 0.3) is 5.91 Å². The molecule has 92 valence electrons. The third kappa shape index (κ3) is 1.74. The standard InChI is InChI=1S/C15H14BrNO/c1-2-7-17-9-14-12(15(17)18)6-4-10-3-5-11(16)8-13(10)14/h3-6,8H,2,7,9H2,1H3. The normalized spacial score (nSPS) is 14.3. The second-order valence-corrected chi connectivity index (χ2v) is 5.60. The number of carbonyl (C=O) groups is 1. The number of fused-ring (bicyclic) bond motifs is 3. The average Bonchev–Trinajstić information content (AvgIpc) is 2.68. The minimum absolute atomic E-state index is 0.175. The number of nitrogens with zero attached hydrogens (tertiary/aromatic N) is 1. The minimum Gasteiger partial charge on any atom is -0.334 e. The Bertz CT molecular complexity index is 636. The summed E-state index contributed by atoms with van der Waals surface area (Å²) in [7, 11) is 0. The molecule has 2 aromatic carbocycles. The van der Waals surface area contributed by atoms with Crippen LogP contribution < -0.4 is 0 Å². The Kier molecular flexibility index (Phi) is 2.86. The van der Waals surface area contributed by atoms with E-state index < -0.39 is 0 Å². The molecule has 0 fully saturated rings. The maximum absolute atomic E-state index is 12.2. The van der Waals surface area contributed by atoms with E-state index in [-0.39, 0.29) is 5.91 Å². The lowest BCUT2D eigenvalue weighted by molar-refractivity contribution is 0.0778. The van der Waals surface area contributed by atoms with Gasteiger partial charge >= 0.3 is 0 Å². The number of rotatable bonds is 2. The van der Waals surface area contributed by atoms with Crippen LogP contribution in [0.3, 0.4) is 0 Å². The van der Waals surface area contributed by atoms with Crippen molar-refractivity contribution in [2.75, 3.05) is 6.54 Å². The zero-order chi connectivity index (χ0) is 12.7. The summed E-state index contributed by atoms with van der Waals surface area (Å²) in [5, 5.41) is 2.39. The van der Waals surface area contributed by atoms with E-state index in [0.717, 1.165) is 29.5 Å². The van der Waals surface area contributed by atoms with Gasteiger partial charge in [0.15, 0.2) is 0 Å². The summed E-state index contributed by atoms with van der Waals surface area (Å²) in [4.78, 5) is 14.2. The number of benzene rings is 2. The fourth-order valence-electron chi connectivity index (χ4n) is 2.61. The number of hydrogen-bond acceptors (Lipinski definition) is 1. The van der Waals surface area contributed by atoms with E-state index in [4.69, 9.17) is 0 Å². The third-order valence-electron chi connectivity index (χ3n) is 3.46. The summed E-state index contributed by atoms with van der Waals surface area (Å²) < 4.78 is 1.06. The van der Waals surface area contributed by atoms with Crippen LogP contribution in [-0.2, 0) is 6.54 Å². The Morgan fingerprint density at radius 1 is 1.28 bits per heavy atom. The molecule has 3 heteroatoms. The molecule has 1 heterocycles. The number of amides is 1. The Morgan fingerprint density at radius 2 is 2.06 bits per heavy atom. The van der Waals surface area contributed by atoms with Gasteiger partial charge in [-0.25, -0.2) is 0 Å². The highest BCUT2D eigenvalue weighted by Crippen LogP contribution is 2.31. The lowest BCUT2D eigenvalue weighted by atomic mass is 10.0. The third-order valence-corrected chi connectivity index (χ3v) is 3.95. The van der Waals surface area contributed by atoms with Crippen molar-refractivity contribution in [2.24, 2.45) is 0 Å². The summed E-state index contributed by atoms with van der Waals surface area (Å²) in [5.74, 6) is 0.175. The Balaban J connectivity index is 2.17. The van der Waals surface area contributed by atoms with E-state index in [9.17, 15) is 4.79 Å². The zero-order valence-electron chi connectivity index (χ0n) is 10.2. The van der Waals surface area contributed by atoms with Gasteiger partial charge in [-0.15, -0.1) is 0 Å². The first-order valence-electron chi connectivity index (χ1n) is 6.21. The molecule has 18 heavy (non-hydrogen) atoms. The smallest absolute Gasteiger partial charge is 0.254 e. The van der Waals surface area contributed by atoms with E-state index in [0.29, 0.717) is 0 Å². The SMILES string of the molecule is CCCN1Cc2c(ccc3ccc(Br)cc23)C1=O. The van der Waals surface area contributed by atoms with E-state index in [2.05, 4.69) is 35.0 Å². The van der Waals surface area contributed by atoms with Crippen LogP contribution in [0, 0.1) is 0 Å². The Morgan fingerprint density at radius 3 is 2.83 bits per heavy atom. The molecule has 0 aliphatic carbocycles. The minimum atomic E-state index is 0.175. The van der Waals surface area contributed by atoms with Crippen molar-refractivity contribution >= 4 is 32.6 Å². The molecule has 0 bridgehead atoms. The molecule has 0 spiro atoms. The first kappa shape index (κ1) is 11.7. The predicted molar refractivity (Wildman–Crippen MR) is 76.7 cm³/mol. The van der Waals surface area contributed by atoms with Crippen LogP contribution in [-0.4, -0.2) is 17.4 Å². The molecule has 1 amide bonds. The van der Waals surface area contributed by atoms with Crippen LogP contribution in [0.25, 0.3) is 10.8 Å². The Labute approximate surface area is 115 Å². The van der Waals surface area contributed by atoms with Crippen molar-refractivity contribution in [2.45, 2.75) is 19.9 Å². The number of hydrogen-bond donors (Lipinski definition) is 0. The van der Waals surface area contributed by atoms with Crippen molar-refractivity contribution in [3.8, 4) is 0 Å². The summed E-state index contributed by atoms with van der Waals surface area (Å²) in [5.41, 5.74) is 2.04. The molecule has 0 atom stereocenters. The molecule has 1 aliphatic rings. The van der Waals surface area contributed by atoms with Gasteiger partial charge in [-0.05, 0) is 41.0 Å². The molecule has 2 nitrogen and oxygen atoms in total. The molecule has 0 unspecified atom stereocenters. The van der Waals surface area contributed by atoms with Crippen molar-refractivity contribution < 1.29 is 4.79 Å². The van der Waals surface area contributed by atoms with E-state index >= 15 is 0 Å². The lowest BCUT2D eigenvalue weighted by Gasteiger charge is -2.13. The van der Waals surface area contributed by atoms with Gasteiger partial charge in [-0.2, -0.15) is 0 Å². The molecule has 2 aromatic rings. The van der Waals surface area contributed by atoms with Gasteiger partial charge < -0.3 is 4.90 Å². The van der Waals surface area contributed by atoms with Crippen molar-refractivity contribution in [1.82, 2.24) is 4.90 Å². The van der Waals surface area contributed by atoms with E-state index in [1.807, 2.05) is 23.1 Å². The molecule has 0 aromatic heterocycles. The molecule has 0 saturated carbocycles. The van der Waals surface area contributed by atoms with Gasteiger partial charge in [0.05, 0.1) is 0 Å². The monoisotopic (exact) mass is 303 g/mol. The highest BCUT2D eigenvalue weighted by atomic mass is 79.9. The quantitative estimate of drug-likeness (QED) is 0.822. The van der Waals surface area contributed by atoms with Gasteiger partial charge in [-0.1, -0.05) is 35.0 Å². The van der Waals surface area contributed by atoms with Gasteiger partial charge in [0.1, 0.15) is 0 Å². The second-order valence-electron chi connectivity index (χ2n) is 4.68. The largest absolute Gasteiger partial charge is 0.334 e. The fourth-order valence-corrected chi connectivity index (χ4v) is 2.97. The number of carbonyl (C=O) groups excluding carboxylic acids is 1. The van der Waals surface area contributed by atoms with Gasteiger partial charge in [-0.3, -0.25) is 4.79 Å². The van der Waals surface area contributed by atoms with Crippen LogP contribution in [0.15, 0.2) is 34.8 Å². The van der Waals surface area contributed by atoms with Crippen LogP contribution in [0.1, 0.15) is 29.3 Å². The van der Waals surface area contributed by atoms with Crippen molar-refractivity contribution in [1.29, 1.82) is 0 Å². The Hall–Kier alpha value is -1.35. The lowest BCUT2D eigenvalue weighted by Crippen LogP contribution is -2.24. The van der Waals surface area contributed by atoms with Crippen molar-refractivity contribution in [3.05, 3.63) is 45.9 Å². The maximum atomic E-state index is 12.2. The summed E-state index contributed by atoms with van der Waals surface area (Å²) in [6.45, 7) is 3.68. The topological polar surface area (TPSA) is 20.3 Å². The molecule has 0 N–H and O–H groups in total. The fraction of sp³-hybridized carbons (Fsp3) is 0.267. The number of halogens is 1. The molecular weight excluding hydrogens is 290 g/mol. The van der Waals surface area contributed by atoms with E-state index in [1.54, 1.807) is 0 Å². The summed E-state index contributed by atoms with van der Waals surface area (Å²) >= 11 is 3.50. The highest BCUT2D eigenvalue weighted by Gasteiger charge is 2.27. The molecule has 1 aliphatic heterocycles. The second kappa shape index (κ2) is 4.39. The molecular formula is C15H14BrNO. The van der Waals surface area contributed by atoms with Crippen LogP contribution in [0.2, 0.25) is 0 Å². The first-order valence-corrected chi connectivity index (χ1v) is 7.00. The zero-order valence-corrected chi connectivity index (χ0v) is 11.8. The van der Waals surface area contributed by atoms with Crippen LogP contribution >= 0.6 is 15.9 Å². The maximum Gasteiger partial charge on any atom is 0.254 e. The molecule has 0 saturated heterocycles.